The summed E-state index contributed by atoms with van der Waals surface area (Å²) in [6, 6.07) is 6.01. The summed E-state index contributed by atoms with van der Waals surface area (Å²) in [5.41, 5.74) is 0.217. The highest BCUT2D eigenvalue weighted by atomic mass is 19.4. The van der Waals surface area contributed by atoms with Crippen molar-refractivity contribution in [3.63, 3.8) is 0 Å². The van der Waals surface area contributed by atoms with Crippen LogP contribution in [0.15, 0.2) is 24.3 Å². The number of fused-ring (bicyclic) bond motifs is 1. The van der Waals surface area contributed by atoms with Gasteiger partial charge in [0.05, 0.1) is 5.41 Å². The number of hydrogen-bond acceptors (Lipinski definition) is 3. The molecule has 1 aliphatic heterocycles. The molecular weight excluding hydrogens is 321 g/mol. The molecule has 2 aliphatic rings. The molecule has 0 spiro atoms. The number of carbonyl (C=O) groups excluding carboxylic acids is 1. The van der Waals surface area contributed by atoms with E-state index in [9.17, 15) is 18.0 Å². The maximum Gasteiger partial charge on any atom is 0.422 e. The molecule has 2 N–H and O–H groups in total. The molecule has 1 aromatic carbocycles. The Kier molecular flexibility index (Phi) is 4.71. The van der Waals surface area contributed by atoms with Crippen molar-refractivity contribution in [1.29, 1.82) is 0 Å². The maximum atomic E-state index is 12.8. The Labute approximate surface area is 138 Å². The molecule has 0 aromatic heterocycles. The number of anilines is 1. The predicted octanol–water partition coefficient (Wildman–Crippen LogP) is 3.35. The van der Waals surface area contributed by atoms with E-state index < -0.39 is 12.8 Å². The Morgan fingerprint density at radius 3 is 2.75 bits per heavy atom. The summed E-state index contributed by atoms with van der Waals surface area (Å²) in [5, 5.41) is 6.24. The Balaban J connectivity index is 1.62. The third kappa shape index (κ3) is 3.66. The summed E-state index contributed by atoms with van der Waals surface area (Å²) in [7, 11) is 0. The molecule has 0 bridgehead atoms. The fourth-order valence-corrected chi connectivity index (χ4v) is 3.75. The summed E-state index contributed by atoms with van der Waals surface area (Å²) in [6.07, 6.45) is -0.214. The van der Waals surface area contributed by atoms with Crippen molar-refractivity contribution in [2.24, 2.45) is 11.3 Å². The van der Waals surface area contributed by atoms with Gasteiger partial charge < -0.3 is 15.4 Å². The first-order chi connectivity index (χ1) is 11.4. The number of alkyl halides is 3. The summed E-state index contributed by atoms with van der Waals surface area (Å²) in [4.78, 5) is 12.8. The maximum absolute atomic E-state index is 12.8. The van der Waals surface area contributed by atoms with E-state index in [0.717, 1.165) is 32.2 Å². The molecule has 4 nitrogen and oxygen atoms in total. The number of halogens is 3. The lowest BCUT2D eigenvalue weighted by atomic mass is 9.67. The van der Waals surface area contributed by atoms with Crippen molar-refractivity contribution >= 4 is 11.6 Å². The van der Waals surface area contributed by atoms with Gasteiger partial charge in [-0.05, 0) is 49.6 Å². The van der Waals surface area contributed by atoms with E-state index in [1.165, 1.54) is 12.1 Å². The van der Waals surface area contributed by atoms with Gasteiger partial charge in [-0.25, -0.2) is 0 Å². The third-order valence-electron chi connectivity index (χ3n) is 5.01. The fourth-order valence-electron chi connectivity index (χ4n) is 3.75. The molecule has 0 unspecified atom stereocenters. The number of nitrogens with one attached hydrogen (secondary N) is 2. The van der Waals surface area contributed by atoms with Gasteiger partial charge in [0.2, 0.25) is 5.91 Å². The van der Waals surface area contributed by atoms with Gasteiger partial charge in [0.1, 0.15) is 5.75 Å². The monoisotopic (exact) mass is 342 g/mol. The Bertz CT molecular complexity index is 588. The Morgan fingerprint density at radius 2 is 2.04 bits per heavy atom. The van der Waals surface area contributed by atoms with Crippen LogP contribution in [0.4, 0.5) is 18.9 Å². The van der Waals surface area contributed by atoms with Gasteiger partial charge in [-0.2, -0.15) is 13.2 Å². The van der Waals surface area contributed by atoms with Crippen LogP contribution in [0.25, 0.3) is 0 Å². The fraction of sp³-hybridized carbons (Fsp3) is 0.588. The molecule has 1 aromatic rings. The second kappa shape index (κ2) is 6.63. The van der Waals surface area contributed by atoms with Crippen LogP contribution in [0.5, 0.6) is 5.75 Å². The van der Waals surface area contributed by atoms with E-state index in [1.807, 2.05) is 0 Å². The lowest BCUT2D eigenvalue weighted by Crippen LogP contribution is -2.44. The van der Waals surface area contributed by atoms with Crippen molar-refractivity contribution in [2.45, 2.75) is 31.9 Å². The molecule has 1 saturated carbocycles. The van der Waals surface area contributed by atoms with Crippen molar-refractivity contribution in [2.75, 3.05) is 25.0 Å². The highest BCUT2D eigenvalue weighted by molar-refractivity contribution is 5.96. The number of benzene rings is 1. The van der Waals surface area contributed by atoms with E-state index in [2.05, 4.69) is 15.4 Å². The SMILES string of the molecule is O=C(Nc1ccc(OCC(F)(F)F)cc1)[C@@]12CCCC[C@H]1CNC2. The van der Waals surface area contributed by atoms with Crippen LogP contribution in [0.2, 0.25) is 0 Å². The molecule has 132 valence electrons. The van der Waals surface area contributed by atoms with Gasteiger partial charge in [0.15, 0.2) is 6.61 Å². The van der Waals surface area contributed by atoms with E-state index in [1.54, 1.807) is 12.1 Å². The van der Waals surface area contributed by atoms with Crippen LogP contribution in [0, 0.1) is 11.3 Å². The van der Waals surface area contributed by atoms with Gasteiger partial charge in [-0.15, -0.1) is 0 Å². The Morgan fingerprint density at radius 1 is 1.29 bits per heavy atom. The largest absolute Gasteiger partial charge is 0.484 e. The molecule has 1 aliphatic carbocycles. The highest BCUT2D eigenvalue weighted by Gasteiger charge is 2.49. The second-order valence-electron chi connectivity index (χ2n) is 6.61. The molecule has 2 atom stereocenters. The van der Waals surface area contributed by atoms with Gasteiger partial charge >= 0.3 is 6.18 Å². The first-order valence-electron chi connectivity index (χ1n) is 8.21. The van der Waals surface area contributed by atoms with Gasteiger partial charge in [-0.1, -0.05) is 12.8 Å². The van der Waals surface area contributed by atoms with E-state index in [0.29, 0.717) is 18.2 Å². The van der Waals surface area contributed by atoms with Crippen LogP contribution in [-0.2, 0) is 4.79 Å². The molecule has 3 rings (SSSR count). The molecule has 1 amide bonds. The minimum Gasteiger partial charge on any atom is -0.484 e. The number of hydrogen-bond donors (Lipinski definition) is 2. The molecule has 2 fully saturated rings. The van der Waals surface area contributed by atoms with Crippen molar-refractivity contribution in [1.82, 2.24) is 5.32 Å². The normalized spacial score (nSPS) is 26.7. The van der Waals surface area contributed by atoms with Crippen LogP contribution in [0.3, 0.4) is 0 Å². The lowest BCUT2D eigenvalue weighted by Gasteiger charge is -2.37. The minimum absolute atomic E-state index is 0.00107. The highest BCUT2D eigenvalue weighted by Crippen LogP contribution is 2.44. The number of rotatable bonds is 4. The van der Waals surface area contributed by atoms with Gasteiger partial charge in [-0.3, -0.25) is 4.79 Å². The van der Waals surface area contributed by atoms with Crippen molar-refractivity contribution in [3.8, 4) is 5.75 Å². The van der Waals surface area contributed by atoms with Crippen LogP contribution in [-0.4, -0.2) is 31.8 Å². The zero-order valence-electron chi connectivity index (χ0n) is 13.3. The number of carbonyl (C=O) groups is 1. The Hall–Kier alpha value is -1.76. The van der Waals surface area contributed by atoms with Gasteiger partial charge in [0.25, 0.3) is 0 Å². The standard InChI is InChI=1S/C17H21F3N2O2/c18-17(19,20)11-24-14-6-4-13(5-7-14)22-15(23)16-8-2-1-3-12(16)9-21-10-16/h4-7,12,21H,1-3,8-11H2,(H,22,23)/t12-,16+/m0/s1. The van der Waals surface area contributed by atoms with Crippen LogP contribution in [0.1, 0.15) is 25.7 Å². The summed E-state index contributed by atoms with van der Waals surface area (Å²) < 4.78 is 41.1. The smallest absolute Gasteiger partial charge is 0.422 e. The van der Waals surface area contributed by atoms with Crippen LogP contribution >= 0.6 is 0 Å². The van der Waals surface area contributed by atoms with E-state index in [-0.39, 0.29) is 17.1 Å². The van der Waals surface area contributed by atoms with Crippen LogP contribution < -0.4 is 15.4 Å². The molecule has 24 heavy (non-hydrogen) atoms. The van der Waals surface area contributed by atoms with Crippen molar-refractivity contribution < 1.29 is 22.7 Å². The average Bonchev–Trinajstić information content (AvgIpc) is 2.99. The average molecular weight is 342 g/mol. The van der Waals surface area contributed by atoms with E-state index in [4.69, 9.17) is 0 Å². The van der Waals surface area contributed by atoms with Crippen molar-refractivity contribution in [3.05, 3.63) is 24.3 Å². The first-order valence-corrected chi connectivity index (χ1v) is 8.21. The minimum atomic E-state index is -4.36. The zero-order chi connectivity index (χ0) is 17.2. The topological polar surface area (TPSA) is 50.4 Å². The predicted molar refractivity (Wildman–Crippen MR) is 83.9 cm³/mol. The quantitative estimate of drug-likeness (QED) is 0.882. The molecule has 1 saturated heterocycles. The number of amides is 1. The first kappa shape index (κ1) is 17.1. The summed E-state index contributed by atoms with van der Waals surface area (Å²) in [5.74, 6) is 0.489. The zero-order valence-corrected chi connectivity index (χ0v) is 13.3. The molecule has 0 radical (unpaired) electrons. The summed E-state index contributed by atoms with van der Waals surface area (Å²) >= 11 is 0. The molecular formula is C17H21F3N2O2. The number of ether oxygens (including phenoxy) is 1. The van der Waals surface area contributed by atoms with Gasteiger partial charge in [0, 0.05) is 12.2 Å². The third-order valence-corrected chi connectivity index (χ3v) is 5.01. The molecule has 7 heteroatoms. The molecule has 1 heterocycles. The second-order valence-corrected chi connectivity index (χ2v) is 6.61. The summed E-state index contributed by atoms with van der Waals surface area (Å²) in [6.45, 7) is 0.239. The van der Waals surface area contributed by atoms with E-state index >= 15 is 0 Å². The lowest BCUT2D eigenvalue weighted by molar-refractivity contribution is -0.153.